The van der Waals surface area contributed by atoms with E-state index >= 15 is 0 Å². The van der Waals surface area contributed by atoms with Gasteiger partial charge in [0.25, 0.3) is 0 Å². The minimum Gasteiger partial charge on any atom is -0.336 e. The lowest BCUT2D eigenvalue weighted by Gasteiger charge is -2.19. The van der Waals surface area contributed by atoms with Crippen LogP contribution in [-0.4, -0.2) is 16.1 Å². The van der Waals surface area contributed by atoms with Crippen LogP contribution in [0.15, 0.2) is 30.7 Å². The molecule has 0 fully saturated rings. The van der Waals surface area contributed by atoms with E-state index in [4.69, 9.17) is 11.6 Å². The van der Waals surface area contributed by atoms with Gasteiger partial charge in [-0.3, -0.25) is 0 Å². The first-order valence-corrected chi connectivity index (χ1v) is 6.15. The fourth-order valence-corrected chi connectivity index (χ4v) is 2.12. The Morgan fingerprint density at radius 2 is 2.28 bits per heavy atom. The Balaban J connectivity index is 2.45. The average molecular weight is 268 g/mol. The molecule has 5 heteroatoms. The first-order chi connectivity index (χ1) is 8.63. The van der Waals surface area contributed by atoms with Crippen LogP contribution in [0.25, 0.3) is 0 Å². The maximum atomic E-state index is 14.0. The van der Waals surface area contributed by atoms with Gasteiger partial charge in [-0.1, -0.05) is 24.6 Å². The molecule has 1 unspecified atom stereocenters. The van der Waals surface area contributed by atoms with Crippen molar-refractivity contribution in [2.45, 2.75) is 13.0 Å². The van der Waals surface area contributed by atoms with Crippen LogP contribution in [0.4, 0.5) is 4.39 Å². The molecule has 1 aromatic heterocycles. The zero-order valence-electron chi connectivity index (χ0n) is 10.3. The van der Waals surface area contributed by atoms with Crippen LogP contribution in [0.1, 0.15) is 24.2 Å². The average Bonchev–Trinajstić information content (AvgIpc) is 2.73. The molecule has 1 atom stereocenters. The molecule has 3 nitrogen and oxygen atoms in total. The van der Waals surface area contributed by atoms with Crippen LogP contribution in [0.5, 0.6) is 0 Å². The van der Waals surface area contributed by atoms with Crippen molar-refractivity contribution < 1.29 is 4.39 Å². The molecule has 0 saturated carbocycles. The second kappa shape index (κ2) is 5.50. The number of imidazole rings is 1. The maximum Gasteiger partial charge on any atom is 0.129 e. The first-order valence-electron chi connectivity index (χ1n) is 5.78. The van der Waals surface area contributed by atoms with Gasteiger partial charge in [-0.05, 0) is 18.7 Å². The lowest BCUT2D eigenvalue weighted by atomic mass is 10.0. The topological polar surface area (TPSA) is 29.9 Å². The Morgan fingerprint density at radius 3 is 2.83 bits per heavy atom. The van der Waals surface area contributed by atoms with Gasteiger partial charge in [-0.15, -0.1) is 0 Å². The summed E-state index contributed by atoms with van der Waals surface area (Å²) in [6.07, 6.45) is 3.44. The Hall–Kier alpha value is -1.39. The summed E-state index contributed by atoms with van der Waals surface area (Å²) in [5, 5.41) is 3.66. The van der Waals surface area contributed by atoms with Crippen molar-refractivity contribution in [1.29, 1.82) is 0 Å². The summed E-state index contributed by atoms with van der Waals surface area (Å²) in [7, 11) is 1.89. The number of rotatable bonds is 4. The van der Waals surface area contributed by atoms with Gasteiger partial charge in [0, 0.05) is 17.6 Å². The normalized spacial score (nSPS) is 12.7. The molecule has 2 rings (SSSR count). The maximum absolute atomic E-state index is 14.0. The van der Waals surface area contributed by atoms with Gasteiger partial charge in [0.15, 0.2) is 0 Å². The molecular formula is C13H15ClFN3. The number of halogens is 2. The largest absolute Gasteiger partial charge is 0.336 e. The minimum absolute atomic E-state index is 0.222. The second-order valence-electron chi connectivity index (χ2n) is 4.09. The summed E-state index contributed by atoms with van der Waals surface area (Å²) in [5.74, 6) is -0.311. The highest BCUT2D eigenvalue weighted by atomic mass is 35.5. The molecule has 96 valence electrons. The van der Waals surface area contributed by atoms with Crippen molar-refractivity contribution in [2.24, 2.45) is 7.05 Å². The standard InChI is InChI=1S/C13H15ClFN3/c1-3-17-13(12-7-16-8-18(12)2)10-5-4-9(14)6-11(10)15/h4-8,13,17H,3H2,1-2H3. The van der Waals surface area contributed by atoms with Gasteiger partial charge in [0.1, 0.15) is 5.82 Å². The molecule has 0 aliphatic carbocycles. The first kappa shape index (κ1) is 13.1. The monoisotopic (exact) mass is 267 g/mol. The van der Waals surface area contributed by atoms with Gasteiger partial charge in [0.05, 0.1) is 24.3 Å². The number of aryl methyl sites for hydroxylation is 1. The smallest absolute Gasteiger partial charge is 0.129 e. The molecule has 1 heterocycles. The van der Waals surface area contributed by atoms with Crippen LogP contribution >= 0.6 is 11.6 Å². The Morgan fingerprint density at radius 1 is 1.50 bits per heavy atom. The third kappa shape index (κ3) is 2.54. The Kier molecular flexibility index (Phi) is 3.99. The van der Waals surface area contributed by atoms with Crippen molar-refractivity contribution in [3.8, 4) is 0 Å². The molecule has 0 saturated heterocycles. The summed E-state index contributed by atoms with van der Waals surface area (Å²) >= 11 is 5.78. The molecule has 0 amide bonds. The van der Waals surface area contributed by atoms with Crippen molar-refractivity contribution >= 4 is 11.6 Å². The van der Waals surface area contributed by atoms with Crippen LogP contribution < -0.4 is 5.32 Å². The molecule has 2 aromatic rings. The highest BCUT2D eigenvalue weighted by molar-refractivity contribution is 6.30. The minimum atomic E-state index is -0.311. The van der Waals surface area contributed by atoms with Gasteiger partial charge in [-0.25, -0.2) is 9.37 Å². The third-order valence-electron chi connectivity index (χ3n) is 2.83. The summed E-state index contributed by atoms with van der Waals surface area (Å²) in [6, 6.07) is 4.51. The highest BCUT2D eigenvalue weighted by Crippen LogP contribution is 2.25. The Bertz CT molecular complexity index is 539. The van der Waals surface area contributed by atoms with Crippen molar-refractivity contribution in [1.82, 2.24) is 14.9 Å². The number of aromatic nitrogens is 2. The second-order valence-corrected chi connectivity index (χ2v) is 4.52. The molecule has 0 spiro atoms. The molecule has 18 heavy (non-hydrogen) atoms. The van der Waals surface area contributed by atoms with E-state index in [-0.39, 0.29) is 11.9 Å². The van der Waals surface area contributed by atoms with E-state index in [1.165, 1.54) is 6.07 Å². The number of benzene rings is 1. The molecule has 0 radical (unpaired) electrons. The van der Waals surface area contributed by atoms with Gasteiger partial charge in [0.2, 0.25) is 0 Å². The molecule has 1 aromatic carbocycles. The van der Waals surface area contributed by atoms with Crippen LogP contribution in [0.2, 0.25) is 5.02 Å². The molecule has 0 bridgehead atoms. The van der Waals surface area contributed by atoms with E-state index in [0.717, 1.165) is 12.2 Å². The SMILES string of the molecule is CCNC(c1ccc(Cl)cc1F)c1cncn1C. The van der Waals surface area contributed by atoms with Gasteiger partial charge in [-0.2, -0.15) is 0 Å². The summed E-state index contributed by atoms with van der Waals surface area (Å²) in [6.45, 7) is 2.72. The molecule has 0 aliphatic heterocycles. The number of nitrogens with one attached hydrogen (secondary N) is 1. The van der Waals surface area contributed by atoms with Gasteiger partial charge >= 0.3 is 0 Å². The number of hydrogen-bond donors (Lipinski definition) is 1. The predicted octanol–water partition coefficient (Wildman–Crippen LogP) is 2.91. The summed E-state index contributed by atoms with van der Waals surface area (Å²) < 4.78 is 15.9. The lowest BCUT2D eigenvalue weighted by Crippen LogP contribution is -2.24. The zero-order valence-corrected chi connectivity index (χ0v) is 11.1. The van der Waals surface area contributed by atoms with Crippen LogP contribution in [0.3, 0.4) is 0 Å². The van der Waals surface area contributed by atoms with Crippen LogP contribution in [0, 0.1) is 5.82 Å². The van der Waals surface area contributed by atoms with E-state index in [9.17, 15) is 4.39 Å². The summed E-state index contributed by atoms with van der Waals surface area (Å²) in [4.78, 5) is 4.07. The van der Waals surface area contributed by atoms with Crippen molar-refractivity contribution in [3.05, 3.63) is 52.8 Å². The molecule has 1 N–H and O–H groups in total. The number of hydrogen-bond acceptors (Lipinski definition) is 2. The van der Waals surface area contributed by atoms with E-state index < -0.39 is 0 Å². The van der Waals surface area contributed by atoms with Gasteiger partial charge < -0.3 is 9.88 Å². The lowest BCUT2D eigenvalue weighted by molar-refractivity contribution is 0.542. The molecular weight excluding hydrogens is 253 g/mol. The predicted molar refractivity (Wildman–Crippen MR) is 70.1 cm³/mol. The van der Waals surface area contributed by atoms with E-state index in [0.29, 0.717) is 10.6 Å². The highest BCUT2D eigenvalue weighted by Gasteiger charge is 2.19. The summed E-state index contributed by atoms with van der Waals surface area (Å²) in [5.41, 5.74) is 1.49. The van der Waals surface area contributed by atoms with E-state index in [1.54, 1.807) is 24.7 Å². The number of nitrogens with zero attached hydrogens (tertiary/aromatic N) is 2. The molecule has 0 aliphatic rings. The quantitative estimate of drug-likeness (QED) is 0.923. The van der Waals surface area contributed by atoms with Crippen molar-refractivity contribution in [3.63, 3.8) is 0 Å². The fraction of sp³-hybridized carbons (Fsp3) is 0.308. The zero-order chi connectivity index (χ0) is 13.1. The van der Waals surface area contributed by atoms with E-state index in [1.807, 2.05) is 18.5 Å². The third-order valence-corrected chi connectivity index (χ3v) is 3.07. The van der Waals surface area contributed by atoms with Crippen LogP contribution in [-0.2, 0) is 7.05 Å². The van der Waals surface area contributed by atoms with Crippen molar-refractivity contribution in [2.75, 3.05) is 6.54 Å². The Labute approximate surface area is 111 Å². The fourth-order valence-electron chi connectivity index (χ4n) is 1.96. The van der Waals surface area contributed by atoms with E-state index in [2.05, 4.69) is 10.3 Å².